The van der Waals surface area contributed by atoms with Crippen LogP contribution >= 0.6 is 0 Å². The number of aromatic nitrogens is 2. The standard InChI is InChI=1S/C14H16N4O/c1-9-2-4-10(5-3-9)16-13-11-6-7-15-8-12(11)17-14(19)18-13/h2-5,15H,6-8H2,1H3,(H2,16,17,18,19). The number of hydrogen-bond acceptors (Lipinski definition) is 4. The Bertz CT molecular complexity index is 645. The van der Waals surface area contributed by atoms with E-state index in [1.165, 1.54) is 5.56 Å². The molecule has 5 heteroatoms. The molecule has 1 aromatic carbocycles. The third-order valence-corrected chi connectivity index (χ3v) is 3.29. The van der Waals surface area contributed by atoms with Crippen molar-refractivity contribution in [2.45, 2.75) is 19.9 Å². The number of nitrogens with one attached hydrogen (secondary N) is 3. The minimum Gasteiger partial charge on any atom is -0.340 e. The number of aryl methyl sites for hydroxylation is 1. The first-order valence-corrected chi connectivity index (χ1v) is 6.39. The smallest absolute Gasteiger partial charge is 0.340 e. The third kappa shape index (κ3) is 2.51. The molecule has 0 saturated heterocycles. The normalized spacial score (nSPS) is 13.9. The highest BCUT2D eigenvalue weighted by atomic mass is 16.1. The summed E-state index contributed by atoms with van der Waals surface area (Å²) in [6.45, 7) is 3.64. The topological polar surface area (TPSA) is 69.8 Å². The van der Waals surface area contributed by atoms with Crippen LogP contribution in [0.4, 0.5) is 11.5 Å². The maximum Gasteiger partial charge on any atom is 0.347 e. The fraction of sp³-hybridized carbons (Fsp3) is 0.286. The largest absolute Gasteiger partial charge is 0.347 e. The molecule has 1 aromatic heterocycles. The lowest BCUT2D eigenvalue weighted by Crippen LogP contribution is -2.29. The fourth-order valence-corrected chi connectivity index (χ4v) is 2.27. The van der Waals surface area contributed by atoms with Crippen molar-refractivity contribution < 1.29 is 0 Å². The summed E-state index contributed by atoms with van der Waals surface area (Å²) in [6.07, 6.45) is 0.868. The summed E-state index contributed by atoms with van der Waals surface area (Å²) in [7, 11) is 0. The van der Waals surface area contributed by atoms with Crippen LogP contribution in [0.25, 0.3) is 0 Å². The second-order valence-corrected chi connectivity index (χ2v) is 4.77. The van der Waals surface area contributed by atoms with Gasteiger partial charge in [-0.2, -0.15) is 4.98 Å². The molecule has 0 saturated carbocycles. The Kier molecular flexibility index (Phi) is 3.05. The molecule has 3 N–H and O–H groups in total. The molecule has 5 nitrogen and oxygen atoms in total. The molecule has 0 atom stereocenters. The van der Waals surface area contributed by atoms with Crippen LogP contribution in [0.15, 0.2) is 29.1 Å². The number of anilines is 2. The first-order chi connectivity index (χ1) is 9.22. The van der Waals surface area contributed by atoms with Crippen molar-refractivity contribution in [3.63, 3.8) is 0 Å². The van der Waals surface area contributed by atoms with Crippen molar-refractivity contribution in [1.29, 1.82) is 0 Å². The monoisotopic (exact) mass is 256 g/mol. The van der Waals surface area contributed by atoms with Crippen LogP contribution < -0.4 is 16.3 Å². The van der Waals surface area contributed by atoms with E-state index in [1.54, 1.807) is 0 Å². The van der Waals surface area contributed by atoms with E-state index in [-0.39, 0.29) is 5.69 Å². The van der Waals surface area contributed by atoms with Gasteiger partial charge in [0, 0.05) is 23.5 Å². The Morgan fingerprint density at radius 1 is 1.26 bits per heavy atom. The van der Waals surface area contributed by atoms with E-state index >= 15 is 0 Å². The zero-order valence-corrected chi connectivity index (χ0v) is 10.8. The summed E-state index contributed by atoms with van der Waals surface area (Å²) < 4.78 is 0. The molecule has 1 aliphatic rings. The first kappa shape index (κ1) is 11.9. The summed E-state index contributed by atoms with van der Waals surface area (Å²) in [5.74, 6) is 0.670. The van der Waals surface area contributed by atoms with E-state index in [0.29, 0.717) is 12.4 Å². The van der Waals surface area contributed by atoms with Crippen LogP contribution in [0, 0.1) is 6.92 Å². The SMILES string of the molecule is Cc1ccc(Nc2nc(=O)[nH]c3c2CCNC3)cc1. The van der Waals surface area contributed by atoms with Gasteiger partial charge in [0.05, 0.1) is 0 Å². The number of hydrogen-bond donors (Lipinski definition) is 3. The molecule has 0 fully saturated rings. The molecule has 3 rings (SSSR count). The maximum absolute atomic E-state index is 11.6. The molecule has 0 spiro atoms. The highest BCUT2D eigenvalue weighted by Gasteiger charge is 2.15. The Labute approximate surface area is 111 Å². The summed E-state index contributed by atoms with van der Waals surface area (Å²) in [4.78, 5) is 18.4. The van der Waals surface area contributed by atoms with Gasteiger partial charge in [0.2, 0.25) is 0 Å². The highest BCUT2D eigenvalue weighted by Crippen LogP contribution is 2.21. The maximum atomic E-state index is 11.6. The van der Waals surface area contributed by atoms with Crippen LogP contribution in [0.2, 0.25) is 0 Å². The van der Waals surface area contributed by atoms with Crippen LogP contribution in [-0.4, -0.2) is 16.5 Å². The van der Waals surface area contributed by atoms with E-state index in [2.05, 4.69) is 20.6 Å². The van der Waals surface area contributed by atoms with Gasteiger partial charge in [-0.05, 0) is 32.0 Å². The van der Waals surface area contributed by atoms with Gasteiger partial charge < -0.3 is 15.6 Å². The van der Waals surface area contributed by atoms with Gasteiger partial charge in [-0.25, -0.2) is 4.79 Å². The average molecular weight is 256 g/mol. The predicted molar refractivity (Wildman–Crippen MR) is 74.7 cm³/mol. The summed E-state index contributed by atoms with van der Waals surface area (Å²) in [5.41, 5.74) is 3.87. The Morgan fingerprint density at radius 2 is 2.05 bits per heavy atom. The van der Waals surface area contributed by atoms with E-state index in [4.69, 9.17) is 0 Å². The fourth-order valence-electron chi connectivity index (χ4n) is 2.27. The number of H-pyrrole nitrogens is 1. The van der Waals surface area contributed by atoms with Crippen molar-refractivity contribution in [3.8, 4) is 0 Å². The number of aromatic amines is 1. The lowest BCUT2D eigenvalue weighted by molar-refractivity contribution is 0.621. The molecule has 0 amide bonds. The minimum atomic E-state index is -0.308. The first-order valence-electron chi connectivity index (χ1n) is 6.39. The molecule has 1 aliphatic heterocycles. The second-order valence-electron chi connectivity index (χ2n) is 4.77. The van der Waals surface area contributed by atoms with Crippen molar-refractivity contribution in [1.82, 2.24) is 15.3 Å². The van der Waals surface area contributed by atoms with Gasteiger partial charge in [-0.3, -0.25) is 0 Å². The number of nitrogens with zero attached hydrogens (tertiary/aromatic N) is 1. The number of benzene rings is 1. The molecule has 2 aromatic rings. The average Bonchev–Trinajstić information content (AvgIpc) is 2.41. The second kappa shape index (κ2) is 4.85. The summed E-state index contributed by atoms with van der Waals surface area (Å²) in [6, 6.07) is 8.05. The molecular formula is C14H16N4O. The Morgan fingerprint density at radius 3 is 2.84 bits per heavy atom. The van der Waals surface area contributed by atoms with Crippen molar-refractivity contribution in [2.24, 2.45) is 0 Å². The van der Waals surface area contributed by atoms with Crippen molar-refractivity contribution in [3.05, 3.63) is 51.6 Å². The van der Waals surface area contributed by atoms with Crippen molar-refractivity contribution in [2.75, 3.05) is 11.9 Å². The highest BCUT2D eigenvalue weighted by molar-refractivity contribution is 5.60. The van der Waals surface area contributed by atoms with Gasteiger partial charge in [0.15, 0.2) is 0 Å². The van der Waals surface area contributed by atoms with Crippen LogP contribution in [0.3, 0.4) is 0 Å². The van der Waals surface area contributed by atoms with Crippen LogP contribution in [0.1, 0.15) is 16.8 Å². The summed E-state index contributed by atoms with van der Waals surface area (Å²) in [5, 5.41) is 6.48. The molecule has 2 heterocycles. The molecule has 0 unspecified atom stereocenters. The van der Waals surface area contributed by atoms with E-state index in [9.17, 15) is 4.79 Å². The third-order valence-electron chi connectivity index (χ3n) is 3.29. The molecule has 0 bridgehead atoms. The lowest BCUT2D eigenvalue weighted by Gasteiger charge is -2.19. The molecule has 0 radical (unpaired) electrons. The van der Waals surface area contributed by atoms with E-state index in [0.717, 1.165) is 29.9 Å². The zero-order valence-electron chi connectivity index (χ0n) is 10.8. The predicted octanol–water partition coefficient (Wildman–Crippen LogP) is 1.47. The van der Waals surface area contributed by atoms with Gasteiger partial charge in [-0.1, -0.05) is 17.7 Å². The van der Waals surface area contributed by atoms with Gasteiger partial charge in [-0.15, -0.1) is 0 Å². The van der Waals surface area contributed by atoms with Gasteiger partial charge in [0.1, 0.15) is 5.82 Å². The van der Waals surface area contributed by atoms with Crippen molar-refractivity contribution >= 4 is 11.5 Å². The molecule has 0 aliphatic carbocycles. The molecule has 98 valence electrons. The van der Waals surface area contributed by atoms with E-state index in [1.807, 2.05) is 31.2 Å². The van der Waals surface area contributed by atoms with Crippen LogP contribution in [0.5, 0.6) is 0 Å². The quantitative estimate of drug-likeness (QED) is 0.761. The van der Waals surface area contributed by atoms with E-state index < -0.39 is 0 Å². The lowest BCUT2D eigenvalue weighted by atomic mass is 10.1. The number of rotatable bonds is 2. The Hall–Kier alpha value is -2.14. The number of fused-ring (bicyclic) bond motifs is 1. The molecular weight excluding hydrogens is 240 g/mol. The van der Waals surface area contributed by atoms with Gasteiger partial charge in [0.25, 0.3) is 0 Å². The summed E-state index contributed by atoms with van der Waals surface area (Å²) >= 11 is 0. The van der Waals surface area contributed by atoms with Gasteiger partial charge >= 0.3 is 5.69 Å². The minimum absolute atomic E-state index is 0.308. The molecule has 19 heavy (non-hydrogen) atoms. The Balaban J connectivity index is 1.98. The zero-order chi connectivity index (χ0) is 13.2. The van der Waals surface area contributed by atoms with Crippen LogP contribution in [-0.2, 0) is 13.0 Å².